The number of nitrogens with two attached hydrogens (primary N) is 1. The largest absolute Gasteiger partial charge is 0.399 e. The number of amides is 2. The van der Waals surface area contributed by atoms with E-state index in [1.54, 1.807) is 12.1 Å². The summed E-state index contributed by atoms with van der Waals surface area (Å²) in [5, 5.41) is 2.90. The van der Waals surface area contributed by atoms with Crippen molar-refractivity contribution in [2.45, 2.75) is 26.7 Å². The molecule has 1 aliphatic rings. The van der Waals surface area contributed by atoms with Crippen molar-refractivity contribution in [3.05, 3.63) is 24.3 Å². The lowest BCUT2D eigenvalue weighted by molar-refractivity contribution is 0.138. The zero-order valence-electron chi connectivity index (χ0n) is 11.1. The normalized spacial score (nSPS) is 18.4. The van der Waals surface area contributed by atoms with Crippen LogP contribution in [0.2, 0.25) is 0 Å². The third kappa shape index (κ3) is 3.15. The van der Waals surface area contributed by atoms with Crippen molar-refractivity contribution in [1.82, 2.24) is 4.90 Å². The summed E-state index contributed by atoms with van der Waals surface area (Å²) in [5.41, 5.74) is 7.32. The Labute approximate surface area is 108 Å². The smallest absolute Gasteiger partial charge is 0.321 e. The lowest BCUT2D eigenvalue weighted by Gasteiger charge is -2.37. The van der Waals surface area contributed by atoms with Gasteiger partial charge in [-0.05, 0) is 36.5 Å². The number of rotatable bonds is 1. The molecular weight excluding hydrogens is 226 g/mol. The Morgan fingerprint density at radius 2 is 2.22 bits per heavy atom. The molecule has 1 fully saturated rings. The Balaban J connectivity index is 2.00. The summed E-state index contributed by atoms with van der Waals surface area (Å²) >= 11 is 0. The van der Waals surface area contributed by atoms with Crippen LogP contribution in [0.3, 0.4) is 0 Å². The van der Waals surface area contributed by atoms with E-state index in [0.717, 1.165) is 25.2 Å². The van der Waals surface area contributed by atoms with Crippen LogP contribution in [0.15, 0.2) is 24.3 Å². The van der Waals surface area contributed by atoms with E-state index in [2.05, 4.69) is 19.2 Å². The molecule has 1 heterocycles. The molecule has 0 spiro atoms. The predicted octanol–water partition coefficient (Wildman–Crippen LogP) is 2.92. The van der Waals surface area contributed by atoms with Crippen molar-refractivity contribution >= 4 is 17.4 Å². The van der Waals surface area contributed by atoms with Crippen LogP contribution in [-0.2, 0) is 0 Å². The minimum absolute atomic E-state index is 0.0339. The molecular formula is C14H21N3O. The first-order valence-electron chi connectivity index (χ1n) is 6.38. The van der Waals surface area contributed by atoms with Gasteiger partial charge in [-0.1, -0.05) is 19.9 Å². The maximum Gasteiger partial charge on any atom is 0.321 e. The van der Waals surface area contributed by atoms with E-state index in [1.165, 1.54) is 6.42 Å². The summed E-state index contributed by atoms with van der Waals surface area (Å²) in [6.07, 6.45) is 2.24. The van der Waals surface area contributed by atoms with Crippen LogP contribution < -0.4 is 11.1 Å². The molecule has 18 heavy (non-hydrogen) atoms. The highest BCUT2D eigenvalue weighted by Gasteiger charge is 2.28. The van der Waals surface area contributed by atoms with E-state index in [4.69, 9.17) is 5.73 Å². The molecule has 0 saturated carbocycles. The molecule has 0 unspecified atom stereocenters. The summed E-state index contributed by atoms with van der Waals surface area (Å²) in [5.74, 6) is 0. The number of hydrogen-bond donors (Lipinski definition) is 2. The number of nitrogens with zero attached hydrogens (tertiary/aromatic N) is 1. The van der Waals surface area contributed by atoms with Gasteiger partial charge in [-0.3, -0.25) is 0 Å². The summed E-state index contributed by atoms with van der Waals surface area (Å²) in [6.45, 7) is 6.04. The maximum atomic E-state index is 12.1. The highest BCUT2D eigenvalue weighted by atomic mass is 16.2. The lowest BCUT2D eigenvalue weighted by atomic mass is 9.84. The zero-order chi connectivity index (χ0) is 13.2. The fourth-order valence-electron chi connectivity index (χ4n) is 2.42. The van der Waals surface area contributed by atoms with Crippen molar-refractivity contribution in [1.29, 1.82) is 0 Å². The Morgan fingerprint density at radius 1 is 1.44 bits per heavy atom. The summed E-state index contributed by atoms with van der Waals surface area (Å²) in [6, 6.07) is 7.23. The van der Waals surface area contributed by atoms with E-state index in [9.17, 15) is 4.79 Å². The summed E-state index contributed by atoms with van der Waals surface area (Å²) < 4.78 is 0. The molecule has 0 aliphatic carbocycles. The number of likely N-dealkylation sites (tertiary alicyclic amines) is 1. The van der Waals surface area contributed by atoms with Crippen LogP contribution in [0.25, 0.3) is 0 Å². The third-order valence-electron chi connectivity index (χ3n) is 3.33. The third-order valence-corrected chi connectivity index (χ3v) is 3.33. The van der Waals surface area contributed by atoms with Gasteiger partial charge in [0, 0.05) is 24.5 Å². The first kappa shape index (κ1) is 12.7. The van der Waals surface area contributed by atoms with Crippen LogP contribution >= 0.6 is 0 Å². The minimum Gasteiger partial charge on any atom is -0.399 e. The lowest BCUT2D eigenvalue weighted by Crippen LogP contribution is -2.45. The molecule has 4 nitrogen and oxygen atoms in total. The Bertz CT molecular complexity index is 442. The number of benzene rings is 1. The van der Waals surface area contributed by atoms with Gasteiger partial charge in [-0.2, -0.15) is 0 Å². The number of anilines is 2. The monoisotopic (exact) mass is 247 g/mol. The van der Waals surface area contributed by atoms with Gasteiger partial charge in [0.25, 0.3) is 0 Å². The van der Waals surface area contributed by atoms with E-state index >= 15 is 0 Å². The molecule has 0 aromatic heterocycles. The van der Waals surface area contributed by atoms with E-state index < -0.39 is 0 Å². The average molecular weight is 247 g/mol. The summed E-state index contributed by atoms with van der Waals surface area (Å²) in [4.78, 5) is 14.0. The molecule has 98 valence electrons. The van der Waals surface area contributed by atoms with Gasteiger partial charge in [-0.15, -0.1) is 0 Å². The second-order valence-electron chi connectivity index (χ2n) is 5.74. The second-order valence-corrected chi connectivity index (χ2v) is 5.74. The minimum atomic E-state index is -0.0339. The first-order valence-corrected chi connectivity index (χ1v) is 6.38. The van der Waals surface area contributed by atoms with Gasteiger partial charge in [0.05, 0.1) is 0 Å². The molecule has 2 amide bonds. The number of piperidine rings is 1. The maximum absolute atomic E-state index is 12.1. The first-order chi connectivity index (χ1) is 8.46. The fraction of sp³-hybridized carbons (Fsp3) is 0.500. The van der Waals surface area contributed by atoms with Crippen molar-refractivity contribution in [3.63, 3.8) is 0 Å². The second kappa shape index (κ2) is 4.88. The van der Waals surface area contributed by atoms with Crippen LogP contribution in [0.1, 0.15) is 26.7 Å². The molecule has 1 aliphatic heterocycles. The Morgan fingerprint density at radius 3 is 2.89 bits per heavy atom. The number of carbonyl (C=O) groups is 1. The van der Waals surface area contributed by atoms with Gasteiger partial charge >= 0.3 is 6.03 Å². The van der Waals surface area contributed by atoms with Gasteiger partial charge in [0.1, 0.15) is 0 Å². The highest BCUT2D eigenvalue weighted by molar-refractivity contribution is 5.89. The molecule has 2 rings (SSSR count). The number of carbonyl (C=O) groups excluding carboxylic acids is 1. The van der Waals surface area contributed by atoms with Crippen molar-refractivity contribution in [2.75, 3.05) is 24.1 Å². The number of urea groups is 1. The van der Waals surface area contributed by atoms with Crippen LogP contribution in [0.5, 0.6) is 0 Å². The van der Waals surface area contributed by atoms with Crippen molar-refractivity contribution in [2.24, 2.45) is 5.41 Å². The summed E-state index contributed by atoms with van der Waals surface area (Å²) in [7, 11) is 0. The highest BCUT2D eigenvalue weighted by Crippen LogP contribution is 2.28. The molecule has 0 bridgehead atoms. The Hall–Kier alpha value is -1.71. The quantitative estimate of drug-likeness (QED) is 0.750. The molecule has 0 atom stereocenters. The zero-order valence-corrected chi connectivity index (χ0v) is 11.1. The molecule has 1 aromatic carbocycles. The molecule has 4 heteroatoms. The van der Waals surface area contributed by atoms with Gasteiger partial charge in [0.15, 0.2) is 0 Å². The molecule has 1 saturated heterocycles. The van der Waals surface area contributed by atoms with Crippen LogP contribution in [0.4, 0.5) is 16.2 Å². The molecule has 1 aromatic rings. The molecule has 3 N–H and O–H groups in total. The number of nitrogen functional groups attached to an aromatic ring is 1. The van der Waals surface area contributed by atoms with Gasteiger partial charge in [-0.25, -0.2) is 4.79 Å². The number of hydrogen-bond acceptors (Lipinski definition) is 2. The average Bonchev–Trinajstić information content (AvgIpc) is 2.27. The topological polar surface area (TPSA) is 58.4 Å². The van der Waals surface area contributed by atoms with E-state index in [0.29, 0.717) is 5.69 Å². The molecule has 0 radical (unpaired) electrons. The van der Waals surface area contributed by atoms with Gasteiger partial charge in [0.2, 0.25) is 0 Å². The van der Waals surface area contributed by atoms with Crippen LogP contribution in [-0.4, -0.2) is 24.0 Å². The van der Waals surface area contributed by atoms with Crippen molar-refractivity contribution in [3.8, 4) is 0 Å². The SMILES string of the molecule is CC1(C)CCCN(C(=O)Nc2cccc(N)c2)C1. The Kier molecular flexibility index (Phi) is 3.45. The van der Waals surface area contributed by atoms with Crippen LogP contribution in [0, 0.1) is 5.41 Å². The van der Waals surface area contributed by atoms with E-state index in [1.807, 2.05) is 17.0 Å². The predicted molar refractivity (Wildman–Crippen MR) is 74.5 cm³/mol. The standard InChI is InChI=1S/C14H21N3O/c1-14(2)7-4-8-17(10-14)13(18)16-12-6-3-5-11(15)9-12/h3,5-6,9H,4,7-8,10,15H2,1-2H3,(H,16,18). The fourth-order valence-corrected chi connectivity index (χ4v) is 2.42. The van der Waals surface area contributed by atoms with Crippen molar-refractivity contribution < 1.29 is 4.79 Å². The van der Waals surface area contributed by atoms with Gasteiger partial charge < -0.3 is 16.0 Å². The number of nitrogens with one attached hydrogen (secondary N) is 1. The van der Waals surface area contributed by atoms with E-state index in [-0.39, 0.29) is 11.4 Å².